The second-order valence-electron chi connectivity index (χ2n) is 4.31. The molecular formula is C14H14ClNO3. The molecule has 5 heteroatoms. The molecule has 19 heavy (non-hydrogen) atoms. The molecule has 0 saturated carbocycles. The molecule has 0 aliphatic carbocycles. The molecular weight excluding hydrogens is 266 g/mol. The summed E-state index contributed by atoms with van der Waals surface area (Å²) in [7, 11) is 2.97. The van der Waals surface area contributed by atoms with Crippen LogP contribution >= 0.6 is 11.6 Å². The molecule has 0 saturated heterocycles. The highest BCUT2D eigenvalue weighted by atomic mass is 35.5. The summed E-state index contributed by atoms with van der Waals surface area (Å²) in [6.07, 6.45) is 0.330. The third-order valence-corrected chi connectivity index (χ3v) is 3.52. The van der Waals surface area contributed by atoms with Crippen LogP contribution in [0.2, 0.25) is 0 Å². The van der Waals surface area contributed by atoms with Gasteiger partial charge in [-0.05, 0) is 0 Å². The number of rotatable bonds is 3. The predicted molar refractivity (Wildman–Crippen MR) is 71.8 cm³/mol. The summed E-state index contributed by atoms with van der Waals surface area (Å²) < 4.78 is 4.67. The monoisotopic (exact) mass is 279 g/mol. The fraction of sp³-hybridized carbons (Fsp3) is 0.286. The predicted octanol–water partition coefficient (Wildman–Crippen LogP) is 2.20. The quantitative estimate of drug-likeness (QED) is 0.629. The average molecular weight is 280 g/mol. The summed E-state index contributed by atoms with van der Waals surface area (Å²) in [5.41, 5.74) is 0.869. The van der Waals surface area contributed by atoms with Gasteiger partial charge >= 0.3 is 5.97 Å². The Hall–Kier alpha value is -1.81. The van der Waals surface area contributed by atoms with Crippen molar-refractivity contribution in [1.82, 2.24) is 4.90 Å². The van der Waals surface area contributed by atoms with Gasteiger partial charge in [0.05, 0.1) is 18.2 Å². The average Bonchev–Trinajstić information content (AvgIpc) is 2.73. The number of methoxy groups -OCH3 is 1. The zero-order valence-electron chi connectivity index (χ0n) is 10.7. The molecule has 1 heterocycles. The zero-order chi connectivity index (χ0) is 14.0. The lowest BCUT2D eigenvalue weighted by Gasteiger charge is -2.22. The number of hydrogen-bond donors (Lipinski definition) is 0. The van der Waals surface area contributed by atoms with Crippen molar-refractivity contribution < 1.29 is 14.3 Å². The molecule has 0 spiro atoms. The van der Waals surface area contributed by atoms with Crippen molar-refractivity contribution in [2.75, 3.05) is 14.2 Å². The summed E-state index contributed by atoms with van der Waals surface area (Å²) in [6, 6.07) is 8.50. The minimum atomic E-state index is -0.518. The van der Waals surface area contributed by atoms with E-state index in [4.69, 9.17) is 11.6 Å². The van der Waals surface area contributed by atoms with Crippen molar-refractivity contribution in [3.63, 3.8) is 0 Å². The lowest BCUT2D eigenvalue weighted by atomic mass is 10.0. The highest BCUT2D eigenvalue weighted by Gasteiger charge is 2.37. The molecule has 0 N–H and O–H groups in total. The first-order chi connectivity index (χ1) is 9.06. The van der Waals surface area contributed by atoms with Crippen molar-refractivity contribution in [2.24, 2.45) is 0 Å². The van der Waals surface area contributed by atoms with Crippen LogP contribution in [-0.4, -0.2) is 36.9 Å². The fourth-order valence-electron chi connectivity index (χ4n) is 2.17. The molecule has 1 aromatic rings. The molecule has 0 fully saturated rings. The molecule has 0 aromatic heterocycles. The molecule has 1 aliphatic rings. The molecule has 0 radical (unpaired) electrons. The summed E-state index contributed by atoms with van der Waals surface area (Å²) >= 11 is 6.06. The van der Waals surface area contributed by atoms with Crippen LogP contribution in [0.4, 0.5) is 0 Å². The van der Waals surface area contributed by atoms with Gasteiger partial charge in [0.25, 0.3) is 0 Å². The van der Waals surface area contributed by atoms with E-state index in [1.807, 2.05) is 6.07 Å². The number of carbonyl (C=O) groups is 2. The maximum Gasteiger partial charge on any atom is 0.355 e. The Labute approximate surface area is 116 Å². The van der Waals surface area contributed by atoms with E-state index >= 15 is 0 Å². The van der Waals surface area contributed by atoms with Gasteiger partial charge in [-0.2, -0.15) is 0 Å². The van der Waals surface area contributed by atoms with Crippen molar-refractivity contribution in [2.45, 2.75) is 12.5 Å². The Morgan fingerprint density at radius 1 is 1.32 bits per heavy atom. The van der Waals surface area contributed by atoms with Crippen LogP contribution in [0.3, 0.4) is 0 Å². The smallest absolute Gasteiger partial charge is 0.355 e. The molecule has 4 nitrogen and oxygen atoms in total. The summed E-state index contributed by atoms with van der Waals surface area (Å²) in [5.74, 6) is -0.573. The molecule has 100 valence electrons. The Kier molecular flexibility index (Phi) is 3.90. The van der Waals surface area contributed by atoms with E-state index in [-0.39, 0.29) is 11.5 Å². The van der Waals surface area contributed by atoms with Gasteiger partial charge in [-0.3, -0.25) is 4.79 Å². The van der Waals surface area contributed by atoms with Crippen molar-refractivity contribution >= 4 is 23.4 Å². The number of Topliss-reactive ketones (excluding diaryl/α,β-unsaturated/α-hetero) is 1. The van der Waals surface area contributed by atoms with Gasteiger partial charge in [0.2, 0.25) is 0 Å². The van der Waals surface area contributed by atoms with Gasteiger partial charge in [0.1, 0.15) is 5.70 Å². The topological polar surface area (TPSA) is 46.6 Å². The van der Waals surface area contributed by atoms with Crippen LogP contribution in [0, 0.1) is 0 Å². The number of likely N-dealkylation sites (N-methyl/N-ethyl adjacent to an activating group) is 1. The van der Waals surface area contributed by atoms with Crippen molar-refractivity contribution in [1.29, 1.82) is 0 Å². The van der Waals surface area contributed by atoms with Gasteiger partial charge < -0.3 is 9.64 Å². The second kappa shape index (κ2) is 5.45. The van der Waals surface area contributed by atoms with Crippen LogP contribution in [0.1, 0.15) is 16.8 Å². The molecule has 2 rings (SSSR count). The Balaban J connectivity index is 2.23. The molecule has 1 unspecified atom stereocenters. The molecule has 0 amide bonds. The number of ether oxygens (including phenoxy) is 1. The third-order valence-electron chi connectivity index (χ3n) is 3.19. The van der Waals surface area contributed by atoms with Crippen LogP contribution in [0.15, 0.2) is 41.1 Å². The number of ketones is 1. The summed E-state index contributed by atoms with van der Waals surface area (Å²) in [6.45, 7) is 0. The number of esters is 1. The first kappa shape index (κ1) is 13.6. The number of benzene rings is 1. The first-order valence-corrected chi connectivity index (χ1v) is 6.23. The van der Waals surface area contributed by atoms with E-state index < -0.39 is 12.0 Å². The van der Waals surface area contributed by atoms with Crippen molar-refractivity contribution in [3.8, 4) is 0 Å². The zero-order valence-corrected chi connectivity index (χ0v) is 11.5. The fourth-order valence-corrected chi connectivity index (χ4v) is 2.52. The van der Waals surface area contributed by atoms with E-state index in [0.29, 0.717) is 17.0 Å². The van der Waals surface area contributed by atoms with E-state index in [9.17, 15) is 9.59 Å². The molecule has 0 bridgehead atoms. The van der Waals surface area contributed by atoms with Crippen molar-refractivity contribution in [3.05, 3.63) is 46.6 Å². The molecule has 1 atom stereocenters. The third kappa shape index (κ3) is 2.49. The minimum Gasteiger partial charge on any atom is -0.464 e. The van der Waals surface area contributed by atoms with E-state index in [1.165, 1.54) is 7.11 Å². The Bertz CT molecular complexity index is 539. The van der Waals surface area contributed by atoms with Gasteiger partial charge in [-0.15, -0.1) is 0 Å². The highest BCUT2D eigenvalue weighted by Crippen LogP contribution is 2.32. The summed E-state index contributed by atoms with van der Waals surface area (Å²) in [4.78, 5) is 25.6. The largest absolute Gasteiger partial charge is 0.464 e. The van der Waals surface area contributed by atoms with Crippen LogP contribution in [-0.2, 0) is 9.53 Å². The first-order valence-electron chi connectivity index (χ1n) is 5.85. The van der Waals surface area contributed by atoms with Gasteiger partial charge in [-0.25, -0.2) is 4.79 Å². The molecule has 1 aliphatic heterocycles. The summed E-state index contributed by atoms with van der Waals surface area (Å²) in [5, 5.41) is 0.364. The SMILES string of the molecule is COC(=O)C1=C(Cl)CC(C(=O)c2ccccc2)N1C. The van der Waals surface area contributed by atoms with E-state index in [0.717, 1.165) is 0 Å². The van der Waals surface area contributed by atoms with Gasteiger partial charge in [-0.1, -0.05) is 41.9 Å². The standard InChI is InChI=1S/C14H14ClNO3/c1-16-11(8-10(15)12(16)14(18)19-2)13(17)9-6-4-3-5-7-9/h3-7,11H,8H2,1-2H3. The maximum atomic E-state index is 12.4. The van der Waals surface area contributed by atoms with Crippen LogP contribution in [0.25, 0.3) is 0 Å². The van der Waals surface area contributed by atoms with Gasteiger partial charge in [0, 0.05) is 19.0 Å². The van der Waals surface area contributed by atoms with Crippen LogP contribution in [0.5, 0.6) is 0 Å². The van der Waals surface area contributed by atoms with E-state index in [1.54, 1.807) is 36.2 Å². The van der Waals surface area contributed by atoms with Crippen LogP contribution < -0.4 is 0 Å². The van der Waals surface area contributed by atoms with E-state index in [2.05, 4.69) is 4.74 Å². The Morgan fingerprint density at radius 2 is 1.95 bits per heavy atom. The maximum absolute atomic E-state index is 12.4. The van der Waals surface area contributed by atoms with Gasteiger partial charge in [0.15, 0.2) is 5.78 Å². The lowest BCUT2D eigenvalue weighted by Crippen LogP contribution is -2.35. The lowest BCUT2D eigenvalue weighted by molar-refractivity contribution is -0.137. The second-order valence-corrected chi connectivity index (χ2v) is 4.76. The number of carbonyl (C=O) groups excluding carboxylic acids is 2. The number of halogens is 1. The highest BCUT2D eigenvalue weighted by molar-refractivity contribution is 6.32. The minimum absolute atomic E-state index is 0.0554. The Morgan fingerprint density at radius 3 is 2.53 bits per heavy atom. The molecule has 1 aromatic carbocycles. The number of nitrogens with zero attached hydrogens (tertiary/aromatic N) is 1. The normalized spacial score (nSPS) is 18.7. The number of hydrogen-bond acceptors (Lipinski definition) is 4.